The number of anilines is 1. The van der Waals surface area contributed by atoms with Gasteiger partial charge in [0, 0.05) is 12.7 Å². The van der Waals surface area contributed by atoms with Gasteiger partial charge in [-0.05, 0) is 50.6 Å². The Morgan fingerprint density at radius 1 is 1.12 bits per heavy atom. The molecule has 5 nitrogen and oxygen atoms in total. The molecule has 6 heteroatoms. The van der Waals surface area contributed by atoms with Gasteiger partial charge in [0.25, 0.3) is 0 Å². The summed E-state index contributed by atoms with van der Waals surface area (Å²) < 4.78 is 24.2. The number of carbonyl (C=O) groups excluding carboxylic acids is 1. The molecule has 0 aliphatic carbocycles. The van der Waals surface area contributed by atoms with E-state index in [0.29, 0.717) is 5.82 Å². The number of benzene rings is 1. The van der Waals surface area contributed by atoms with Crippen LogP contribution < -0.4 is 4.90 Å². The molecule has 1 amide bonds. The van der Waals surface area contributed by atoms with E-state index in [4.69, 9.17) is 0 Å². The first kappa shape index (κ1) is 18.1. The van der Waals surface area contributed by atoms with Crippen LogP contribution in [0.5, 0.6) is 0 Å². The number of sulfone groups is 1. The van der Waals surface area contributed by atoms with E-state index in [1.165, 1.54) is 4.90 Å². The smallest absolute Gasteiger partial charge is 0.232 e. The highest BCUT2D eigenvalue weighted by atomic mass is 32.2. The number of aryl methyl sites for hydroxylation is 1. The van der Waals surface area contributed by atoms with Gasteiger partial charge in [-0.1, -0.05) is 18.2 Å². The first-order chi connectivity index (χ1) is 11.2. The van der Waals surface area contributed by atoms with Crippen molar-refractivity contribution in [1.82, 2.24) is 4.98 Å². The first-order valence-electron chi connectivity index (χ1n) is 7.75. The Bertz CT molecular complexity index is 828. The number of carbonyl (C=O) groups is 1. The van der Waals surface area contributed by atoms with Crippen LogP contribution in [0.3, 0.4) is 0 Å². The molecule has 0 fully saturated rings. The maximum absolute atomic E-state index is 12.4. The Balaban J connectivity index is 2.12. The fraction of sp³-hybridized carbons (Fsp3) is 0.333. The van der Waals surface area contributed by atoms with Crippen LogP contribution in [0.1, 0.15) is 25.1 Å². The van der Waals surface area contributed by atoms with E-state index < -0.39 is 15.1 Å². The zero-order valence-electron chi connectivity index (χ0n) is 14.4. The Morgan fingerprint density at radius 3 is 2.29 bits per heavy atom. The van der Waals surface area contributed by atoms with Crippen molar-refractivity contribution in [2.75, 3.05) is 11.9 Å². The van der Waals surface area contributed by atoms with Crippen LogP contribution in [0.4, 0.5) is 5.82 Å². The molecule has 1 aromatic carbocycles. The fourth-order valence-corrected chi connectivity index (χ4v) is 3.27. The van der Waals surface area contributed by atoms with E-state index in [9.17, 15) is 13.2 Å². The van der Waals surface area contributed by atoms with Gasteiger partial charge < -0.3 is 0 Å². The lowest BCUT2D eigenvalue weighted by molar-refractivity contribution is -0.117. The summed E-state index contributed by atoms with van der Waals surface area (Å²) in [6.45, 7) is 5.17. The third kappa shape index (κ3) is 4.00. The molecule has 0 saturated heterocycles. The van der Waals surface area contributed by atoms with E-state index in [2.05, 4.69) is 4.98 Å². The number of likely N-dealkylation sites (N-methyl/N-ethyl adjacent to an activating group) is 1. The molecular weight excluding hydrogens is 324 g/mol. The normalized spacial score (nSPS) is 11.5. The second-order valence-corrected chi connectivity index (χ2v) is 8.51. The molecule has 128 valence electrons. The second-order valence-electron chi connectivity index (χ2n) is 6.00. The molecule has 0 aliphatic rings. The van der Waals surface area contributed by atoms with E-state index in [-0.39, 0.29) is 17.2 Å². The lowest BCUT2D eigenvalue weighted by Crippen LogP contribution is -2.28. The summed E-state index contributed by atoms with van der Waals surface area (Å²) in [5, 5.41) is -0.469. The predicted molar refractivity (Wildman–Crippen MR) is 94.9 cm³/mol. The van der Waals surface area contributed by atoms with Gasteiger partial charge in [0.15, 0.2) is 9.84 Å². The van der Waals surface area contributed by atoms with Crippen molar-refractivity contribution in [3.8, 4) is 0 Å². The van der Waals surface area contributed by atoms with Crippen LogP contribution in [0, 0.1) is 6.92 Å². The quantitative estimate of drug-likeness (QED) is 0.835. The Labute approximate surface area is 143 Å². The van der Waals surface area contributed by atoms with Crippen molar-refractivity contribution in [3.05, 3.63) is 53.7 Å². The van der Waals surface area contributed by atoms with Gasteiger partial charge in [-0.3, -0.25) is 9.69 Å². The lowest BCUT2D eigenvalue weighted by atomic mass is 10.1. The summed E-state index contributed by atoms with van der Waals surface area (Å²) in [6.07, 6.45) is 0.189. The van der Waals surface area contributed by atoms with Gasteiger partial charge in [0.2, 0.25) is 5.91 Å². The minimum absolute atomic E-state index is 0.104. The highest BCUT2D eigenvalue weighted by molar-refractivity contribution is 7.92. The third-order valence-corrected chi connectivity index (χ3v) is 5.99. The number of aromatic nitrogens is 1. The van der Waals surface area contributed by atoms with Gasteiger partial charge in [0.05, 0.1) is 16.6 Å². The minimum Gasteiger partial charge on any atom is -0.300 e. The van der Waals surface area contributed by atoms with Crippen LogP contribution in [0.2, 0.25) is 0 Å². The number of pyridine rings is 1. The van der Waals surface area contributed by atoms with E-state index in [1.54, 1.807) is 51.2 Å². The number of nitrogens with zero attached hydrogens (tertiary/aromatic N) is 2. The summed E-state index contributed by atoms with van der Waals surface area (Å²) in [4.78, 5) is 18.5. The summed E-state index contributed by atoms with van der Waals surface area (Å²) in [5.41, 5.74) is 1.61. The molecule has 0 spiro atoms. The average Bonchev–Trinajstić information content (AvgIpc) is 2.54. The van der Waals surface area contributed by atoms with Crippen LogP contribution >= 0.6 is 0 Å². The molecule has 0 atom stereocenters. The van der Waals surface area contributed by atoms with E-state index >= 15 is 0 Å². The SMILES string of the molecule is Cc1cccc(N(C)C(=O)Cc2ccc(S(=O)(=O)C(C)C)cc2)n1. The van der Waals surface area contributed by atoms with E-state index in [1.807, 2.05) is 19.1 Å². The highest BCUT2D eigenvalue weighted by Gasteiger charge is 2.19. The second kappa shape index (κ2) is 7.13. The van der Waals surface area contributed by atoms with Crippen LogP contribution in [0.15, 0.2) is 47.4 Å². The summed E-state index contributed by atoms with van der Waals surface area (Å²) >= 11 is 0. The standard InChI is InChI=1S/C18H22N2O3S/c1-13(2)24(22,23)16-10-8-15(9-11-16)12-18(21)20(4)17-7-5-6-14(3)19-17/h5-11,13H,12H2,1-4H3. The maximum Gasteiger partial charge on any atom is 0.232 e. The Hall–Kier alpha value is -2.21. The third-order valence-electron chi connectivity index (χ3n) is 3.82. The van der Waals surface area contributed by atoms with E-state index in [0.717, 1.165) is 11.3 Å². The molecule has 0 N–H and O–H groups in total. The molecule has 1 aromatic heterocycles. The summed E-state index contributed by atoms with van der Waals surface area (Å²) in [6, 6.07) is 12.0. The summed E-state index contributed by atoms with van der Waals surface area (Å²) in [7, 11) is -1.61. The number of amides is 1. The lowest BCUT2D eigenvalue weighted by Gasteiger charge is -2.17. The van der Waals surface area contributed by atoms with Crippen LogP contribution in [-0.2, 0) is 21.1 Å². The average molecular weight is 346 g/mol. The van der Waals surface area contributed by atoms with Crippen LogP contribution in [0.25, 0.3) is 0 Å². The monoisotopic (exact) mass is 346 g/mol. The number of hydrogen-bond acceptors (Lipinski definition) is 4. The molecule has 2 aromatic rings. The van der Waals surface area contributed by atoms with Crippen molar-refractivity contribution < 1.29 is 13.2 Å². The van der Waals surface area contributed by atoms with Crippen molar-refractivity contribution >= 4 is 21.6 Å². The zero-order chi connectivity index (χ0) is 17.9. The highest BCUT2D eigenvalue weighted by Crippen LogP contribution is 2.17. The van der Waals surface area contributed by atoms with Gasteiger partial charge in [-0.15, -0.1) is 0 Å². The van der Waals surface area contributed by atoms with Gasteiger partial charge in [-0.25, -0.2) is 13.4 Å². The molecular formula is C18H22N2O3S. The van der Waals surface area contributed by atoms with Crippen molar-refractivity contribution in [1.29, 1.82) is 0 Å². The van der Waals surface area contributed by atoms with Gasteiger partial charge in [-0.2, -0.15) is 0 Å². The molecule has 1 heterocycles. The van der Waals surface area contributed by atoms with Crippen molar-refractivity contribution in [3.63, 3.8) is 0 Å². The molecule has 24 heavy (non-hydrogen) atoms. The molecule has 0 radical (unpaired) electrons. The molecule has 0 aliphatic heterocycles. The minimum atomic E-state index is -3.29. The van der Waals surface area contributed by atoms with Crippen molar-refractivity contribution in [2.24, 2.45) is 0 Å². The molecule has 0 bridgehead atoms. The largest absolute Gasteiger partial charge is 0.300 e. The summed E-state index contributed by atoms with van der Waals surface area (Å²) in [5.74, 6) is 0.492. The fourth-order valence-electron chi connectivity index (χ4n) is 2.21. The van der Waals surface area contributed by atoms with Gasteiger partial charge >= 0.3 is 0 Å². The zero-order valence-corrected chi connectivity index (χ0v) is 15.2. The van der Waals surface area contributed by atoms with Gasteiger partial charge in [0.1, 0.15) is 5.82 Å². The predicted octanol–water partition coefficient (Wildman–Crippen LogP) is 2.78. The number of rotatable bonds is 5. The Morgan fingerprint density at radius 2 is 1.75 bits per heavy atom. The topological polar surface area (TPSA) is 67.3 Å². The maximum atomic E-state index is 12.4. The molecule has 0 unspecified atom stereocenters. The van der Waals surface area contributed by atoms with Crippen LogP contribution in [-0.4, -0.2) is 31.6 Å². The number of hydrogen-bond donors (Lipinski definition) is 0. The van der Waals surface area contributed by atoms with Crippen molar-refractivity contribution in [2.45, 2.75) is 37.3 Å². The first-order valence-corrected chi connectivity index (χ1v) is 9.29. The Kier molecular flexibility index (Phi) is 5.39. The molecule has 2 rings (SSSR count). The molecule has 0 saturated carbocycles.